The molecule has 0 aliphatic carbocycles. The molecule has 2 aliphatic heterocycles. The van der Waals surface area contributed by atoms with Crippen molar-refractivity contribution in [2.45, 2.75) is 38.3 Å². The van der Waals surface area contributed by atoms with Crippen LogP contribution in [0.4, 0.5) is 5.82 Å². The van der Waals surface area contributed by atoms with E-state index in [0.717, 1.165) is 36.3 Å². The SMILES string of the molecule is Cc1cn2nc([C@@H]3CCCCN3C(=O)c3ccc(Cl)c(Cl)c3)cc2nc1N1C[C@@H](C#N)[C@@H](O)C1. The highest BCUT2D eigenvalue weighted by Crippen LogP contribution is 2.34. The van der Waals surface area contributed by atoms with Crippen molar-refractivity contribution in [2.75, 3.05) is 24.5 Å². The molecule has 1 N–H and O–H groups in total. The zero-order chi connectivity index (χ0) is 24.0. The van der Waals surface area contributed by atoms with E-state index in [1.807, 2.05) is 29.0 Å². The average molecular weight is 499 g/mol. The topological polar surface area (TPSA) is 97.8 Å². The number of amides is 1. The quantitative estimate of drug-likeness (QED) is 0.585. The van der Waals surface area contributed by atoms with Crippen LogP contribution in [0.5, 0.6) is 0 Å². The number of carbonyl (C=O) groups excluding carboxylic acids is 1. The van der Waals surface area contributed by atoms with E-state index >= 15 is 0 Å². The third kappa shape index (κ3) is 4.09. The van der Waals surface area contributed by atoms with Crippen LogP contribution >= 0.6 is 23.2 Å². The number of rotatable bonds is 3. The van der Waals surface area contributed by atoms with Gasteiger partial charge in [-0.05, 0) is 44.4 Å². The van der Waals surface area contributed by atoms with Gasteiger partial charge in [0.25, 0.3) is 5.91 Å². The number of hydrogen-bond donors (Lipinski definition) is 1. The summed E-state index contributed by atoms with van der Waals surface area (Å²) in [7, 11) is 0. The minimum atomic E-state index is -0.689. The molecule has 2 aromatic heterocycles. The molecule has 5 rings (SSSR count). The lowest BCUT2D eigenvalue weighted by atomic mass is 9.98. The molecule has 1 amide bonds. The van der Waals surface area contributed by atoms with E-state index < -0.39 is 12.0 Å². The monoisotopic (exact) mass is 498 g/mol. The molecule has 0 spiro atoms. The van der Waals surface area contributed by atoms with Gasteiger partial charge in [0.05, 0.1) is 39.9 Å². The lowest BCUT2D eigenvalue weighted by Crippen LogP contribution is -2.38. The molecule has 3 atom stereocenters. The number of aromatic nitrogens is 3. The number of aliphatic hydroxyl groups excluding tert-OH is 1. The average Bonchev–Trinajstić information content (AvgIpc) is 3.42. The van der Waals surface area contributed by atoms with Gasteiger partial charge in [0.15, 0.2) is 5.65 Å². The van der Waals surface area contributed by atoms with Gasteiger partial charge in [0, 0.05) is 43.0 Å². The molecule has 0 bridgehead atoms. The second kappa shape index (κ2) is 9.06. The molecule has 34 heavy (non-hydrogen) atoms. The number of nitriles is 1. The predicted molar refractivity (Wildman–Crippen MR) is 129 cm³/mol. The van der Waals surface area contributed by atoms with Gasteiger partial charge in [0.2, 0.25) is 0 Å². The van der Waals surface area contributed by atoms with Crippen molar-refractivity contribution in [3.63, 3.8) is 0 Å². The van der Waals surface area contributed by atoms with Gasteiger partial charge in [-0.2, -0.15) is 10.4 Å². The van der Waals surface area contributed by atoms with Gasteiger partial charge < -0.3 is 14.9 Å². The summed E-state index contributed by atoms with van der Waals surface area (Å²) in [6.07, 6.45) is 3.95. The molecule has 2 fully saturated rings. The summed E-state index contributed by atoms with van der Waals surface area (Å²) < 4.78 is 1.73. The fourth-order valence-electron chi connectivity index (χ4n) is 4.87. The molecule has 2 saturated heterocycles. The van der Waals surface area contributed by atoms with Gasteiger partial charge in [0.1, 0.15) is 5.82 Å². The van der Waals surface area contributed by atoms with Crippen molar-refractivity contribution in [1.29, 1.82) is 5.26 Å². The number of hydrogen-bond acceptors (Lipinski definition) is 6. The summed E-state index contributed by atoms with van der Waals surface area (Å²) in [6.45, 7) is 3.39. The van der Waals surface area contributed by atoms with E-state index in [4.69, 9.17) is 33.3 Å². The number of nitrogens with zero attached hydrogens (tertiary/aromatic N) is 6. The van der Waals surface area contributed by atoms with Crippen molar-refractivity contribution >= 4 is 40.6 Å². The maximum Gasteiger partial charge on any atom is 0.254 e. The number of benzene rings is 1. The maximum absolute atomic E-state index is 13.4. The first-order chi connectivity index (χ1) is 16.4. The lowest BCUT2D eigenvalue weighted by molar-refractivity contribution is 0.0605. The van der Waals surface area contributed by atoms with Crippen molar-refractivity contribution in [1.82, 2.24) is 19.5 Å². The zero-order valence-corrected chi connectivity index (χ0v) is 20.2. The van der Waals surface area contributed by atoms with E-state index in [1.54, 1.807) is 22.7 Å². The van der Waals surface area contributed by atoms with Crippen LogP contribution in [-0.2, 0) is 0 Å². The predicted octanol–water partition coefficient (Wildman–Crippen LogP) is 4.03. The molecular formula is C24H24Cl2N6O2. The second-order valence-corrected chi connectivity index (χ2v) is 9.78. The summed E-state index contributed by atoms with van der Waals surface area (Å²) >= 11 is 12.2. The molecule has 0 unspecified atom stereocenters. The third-order valence-electron chi connectivity index (χ3n) is 6.65. The van der Waals surface area contributed by atoms with Crippen molar-refractivity contribution in [3.8, 4) is 6.07 Å². The number of fused-ring (bicyclic) bond motifs is 1. The third-order valence-corrected chi connectivity index (χ3v) is 7.39. The van der Waals surface area contributed by atoms with Crippen molar-refractivity contribution < 1.29 is 9.90 Å². The maximum atomic E-state index is 13.4. The van der Waals surface area contributed by atoms with Crippen molar-refractivity contribution in [3.05, 3.63) is 57.3 Å². The normalized spacial score (nSPS) is 22.9. The Morgan fingerprint density at radius 1 is 1.21 bits per heavy atom. The molecule has 3 aromatic rings. The van der Waals surface area contributed by atoms with Crippen LogP contribution in [0.3, 0.4) is 0 Å². The van der Waals surface area contributed by atoms with Crippen LogP contribution in [0.15, 0.2) is 30.5 Å². The number of halogens is 2. The highest BCUT2D eigenvalue weighted by atomic mass is 35.5. The highest BCUT2D eigenvalue weighted by molar-refractivity contribution is 6.42. The van der Waals surface area contributed by atoms with Gasteiger partial charge in [-0.1, -0.05) is 23.2 Å². The Morgan fingerprint density at radius 3 is 2.76 bits per heavy atom. The number of carbonyl (C=O) groups is 1. The molecule has 1 aromatic carbocycles. The minimum Gasteiger partial charge on any atom is -0.390 e. The Bertz CT molecular complexity index is 1300. The minimum absolute atomic E-state index is 0.0984. The summed E-state index contributed by atoms with van der Waals surface area (Å²) in [5.41, 5.74) is 2.85. The van der Waals surface area contributed by atoms with Crippen LogP contribution in [-0.4, -0.2) is 56.2 Å². The standard InChI is InChI=1S/C24H24Cl2N6O2/c1-14-11-32-22(28-23(14)30-12-16(10-27)21(33)13-30)9-19(29-32)20-4-2-3-7-31(20)24(34)15-5-6-17(25)18(26)8-15/h5-6,8-9,11,16,20-21,33H,2-4,7,12-13H2,1H3/t16-,20+,21+/m1/s1. The van der Waals surface area contributed by atoms with Crippen LogP contribution in [0.1, 0.15) is 46.9 Å². The Labute approximate surface area is 207 Å². The molecular weight excluding hydrogens is 475 g/mol. The fourth-order valence-corrected chi connectivity index (χ4v) is 5.16. The first-order valence-corrected chi connectivity index (χ1v) is 12.1. The lowest BCUT2D eigenvalue weighted by Gasteiger charge is -2.34. The molecule has 176 valence electrons. The zero-order valence-electron chi connectivity index (χ0n) is 18.7. The molecule has 8 nitrogen and oxygen atoms in total. The van der Waals surface area contributed by atoms with Crippen LogP contribution in [0.2, 0.25) is 10.0 Å². The first kappa shape index (κ1) is 22.9. The number of anilines is 1. The summed E-state index contributed by atoms with van der Waals surface area (Å²) in [6, 6.07) is 8.86. The molecule has 4 heterocycles. The van der Waals surface area contributed by atoms with Gasteiger partial charge >= 0.3 is 0 Å². The Hall–Kier alpha value is -2.86. The number of piperidine rings is 1. The number of aliphatic hydroxyl groups is 1. The Morgan fingerprint density at radius 2 is 2.03 bits per heavy atom. The van der Waals surface area contributed by atoms with Crippen LogP contribution in [0.25, 0.3) is 5.65 Å². The van der Waals surface area contributed by atoms with E-state index in [9.17, 15) is 15.2 Å². The largest absolute Gasteiger partial charge is 0.390 e. The number of β-amino-alcohol motifs (C(OH)–C–C–N with tert-alkyl or cyclic N) is 1. The number of aryl methyl sites for hydroxylation is 1. The highest BCUT2D eigenvalue weighted by Gasteiger charge is 2.34. The first-order valence-electron chi connectivity index (χ1n) is 11.3. The fraction of sp³-hybridized carbons (Fsp3) is 0.417. The smallest absolute Gasteiger partial charge is 0.254 e. The summed E-state index contributed by atoms with van der Waals surface area (Å²) in [5, 5.41) is 24.9. The Kier molecular flexibility index (Phi) is 6.11. The van der Waals surface area contributed by atoms with E-state index in [0.29, 0.717) is 40.9 Å². The summed E-state index contributed by atoms with van der Waals surface area (Å²) in [5.74, 6) is 0.211. The molecule has 0 radical (unpaired) electrons. The van der Waals surface area contributed by atoms with Gasteiger partial charge in [-0.3, -0.25) is 4.79 Å². The van der Waals surface area contributed by atoms with E-state index in [2.05, 4.69) is 6.07 Å². The second-order valence-electron chi connectivity index (χ2n) is 8.97. The van der Waals surface area contributed by atoms with E-state index in [1.165, 1.54) is 0 Å². The molecule has 2 aliphatic rings. The van der Waals surface area contributed by atoms with Crippen LogP contribution in [0, 0.1) is 24.2 Å². The summed E-state index contributed by atoms with van der Waals surface area (Å²) in [4.78, 5) is 21.9. The van der Waals surface area contributed by atoms with Gasteiger partial charge in [-0.25, -0.2) is 9.50 Å². The molecule has 0 saturated carbocycles. The molecule has 10 heteroatoms. The van der Waals surface area contributed by atoms with E-state index in [-0.39, 0.29) is 11.9 Å². The number of likely N-dealkylation sites (tertiary alicyclic amines) is 1. The van der Waals surface area contributed by atoms with Crippen LogP contribution < -0.4 is 4.90 Å². The van der Waals surface area contributed by atoms with Gasteiger partial charge in [-0.15, -0.1) is 0 Å². The van der Waals surface area contributed by atoms with Crippen molar-refractivity contribution in [2.24, 2.45) is 5.92 Å². The Balaban J connectivity index is 1.46.